The molecule has 2 N–H and O–H groups in total. The summed E-state index contributed by atoms with van der Waals surface area (Å²) in [5, 5.41) is 14.4. The van der Waals surface area contributed by atoms with Crippen molar-refractivity contribution in [3.05, 3.63) is 0 Å². The first-order valence-electron chi connectivity index (χ1n) is 0.978. The summed E-state index contributed by atoms with van der Waals surface area (Å²) in [5.41, 5.74) is 0. The van der Waals surface area contributed by atoms with Crippen LogP contribution in [0.15, 0.2) is 0 Å². The molecule has 0 radical (unpaired) electrons. The fraction of sp³-hybridized carbons (Fsp3) is 0. The molecule has 0 fully saturated rings. The van der Waals surface area contributed by atoms with E-state index in [9.17, 15) is 4.79 Å². The number of hydrogen-bond donors (Lipinski definition) is 2. The summed E-state index contributed by atoms with van der Waals surface area (Å²) in [6.07, 6.45) is -1.55. The molecular formula is CH3NaO5. The van der Waals surface area contributed by atoms with Gasteiger partial charge in [-0.1, -0.05) is 0 Å². The quantitative estimate of drug-likeness (QED) is 0.204. The zero-order chi connectivity index (χ0) is 4.99. The number of hydrogen-bond acceptors (Lipinski definition) is 5. The Balaban J connectivity index is -0.000000125. The molecule has 6 heteroatoms. The predicted molar refractivity (Wildman–Crippen MR) is 13.9 cm³/mol. The van der Waals surface area contributed by atoms with Crippen LogP contribution in [0, 0.1) is 0 Å². The van der Waals surface area contributed by atoms with Crippen molar-refractivity contribution in [3.63, 3.8) is 0 Å². The van der Waals surface area contributed by atoms with E-state index in [1.54, 1.807) is 0 Å². The maximum absolute atomic E-state index is 9.24. The van der Waals surface area contributed by atoms with Crippen molar-refractivity contribution in [2.24, 2.45) is 0 Å². The molecule has 0 spiro atoms. The van der Waals surface area contributed by atoms with Crippen LogP contribution in [0.4, 0.5) is 4.79 Å². The fourth-order valence-electron chi connectivity index (χ4n) is 0.0167. The van der Waals surface area contributed by atoms with Gasteiger partial charge in [0.05, 0.1) is 0 Å². The largest absolute Gasteiger partial charge is 1.00 e. The predicted octanol–water partition coefficient (Wildman–Crippen LogP) is -2.80. The van der Waals surface area contributed by atoms with E-state index >= 15 is 0 Å². The Bertz CT molecular complexity index is 50.4. The second-order valence-corrected chi connectivity index (χ2v) is 0.433. The summed E-state index contributed by atoms with van der Waals surface area (Å²) >= 11 is 0. The first-order chi connectivity index (χ1) is 2.81. The third-order valence-corrected chi connectivity index (χ3v) is 0.149. The summed E-state index contributed by atoms with van der Waals surface area (Å²) in [5.74, 6) is 0. The molecule has 0 unspecified atom stereocenters. The average molecular weight is 118 g/mol. The summed E-state index contributed by atoms with van der Waals surface area (Å²) < 4.78 is 0. The molecule has 0 saturated heterocycles. The molecule has 0 rings (SSSR count). The average Bonchev–Trinajstić information content (AvgIpc) is 1.65. The van der Waals surface area contributed by atoms with Crippen molar-refractivity contribution in [3.8, 4) is 0 Å². The Morgan fingerprint density at radius 2 is 1.71 bits per heavy atom. The van der Waals surface area contributed by atoms with Crippen LogP contribution >= 0.6 is 0 Å². The number of carbonyl (C=O) groups excluding carboxylic acids is 1. The Morgan fingerprint density at radius 3 is 1.71 bits per heavy atom. The van der Waals surface area contributed by atoms with Crippen LogP contribution in [0.2, 0.25) is 0 Å². The van der Waals surface area contributed by atoms with E-state index in [4.69, 9.17) is 10.5 Å². The molecule has 0 saturated carbocycles. The van der Waals surface area contributed by atoms with E-state index < -0.39 is 6.16 Å². The molecule has 0 aromatic rings. The van der Waals surface area contributed by atoms with Gasteiger partial charge in [-0.05, 0) is 0 Å². The van der Waals surface area contributed by atoms with E-state index in [0.29, 0.717) is 0 Å². The zero-order valence-electron chi connectivity index (χ0n) is 4.62. The standard InChI is InChI=1S/CH2O5.Na.H/c2-1(5-3)6-4;;/h3-4H;;/q;+1;-1. The van der Waals surface area contributed by atoms with Crippen molar-refractivity contribution >= 4 is 6.16 Å². The van der Waals surface area contributed by atoms with Gasteiger partial charge >= 0.3 is 35.7 Å². The molecule has 0 aromatic heterocycles. The SMILES string of the molecule is O=C(OO)OO.[H-].[Na+]. The molecular weight excluding hydrogens is 115 g/mol. The van der Waals surface area contributed by atoms with Crippen molar-refractivity contribution in [2.75, 3.05) is 0 Å². The molecule has 7 heavy (non-hydrogen) atoms. The van der Waals surface area contributed by atoms with Gasteiger partial charge in [-0.25, -0.2) is 0 Å². The maximum atomic E-state index is 9.24. The van der Waals surface area contributed by atoms with E-state index in [1.807, 2.05) is 0 Å². The molecule has 38 valence electrons. The van der Waals surface area contributed by atoms with Gasteiger partial charge < -0.3 is 1.43 Å². The van der Waals surface area contributed by atoms with Gasteiger partial charge in [0.2, 0.25) is 0 Å². The third kappa shape index (κ3) is 6.19. The van der Waals surface area contributed by atoms with Gasteiger partial charge in [0.25, 0.3) is 0 Å². The number of carbonyl (C=O) groups is 1. The second kappa shape index (κ2) is 6.19. The minimum absolute atomic E-state index is 0. The smallest absolute Gasteiger partial charge is 1.00 e. The van der Waals surface area contributed by atoms with Gasteiger partial charge in [-0.2, -0.15) is 15.3 Å². The van der Waals surface area contributed by atoms with E-state index in [1.165, 1.54) is 0 Å². The Hall–Kier alpha value is 0.190. The van der Waals surface area contributed by atoms with Crippen LogP contribution in [-0.4, -0.2) is 16.7 Å². The summed E-state index contributed by atoms with van der Waals surface area (Å²) in [7, 11) is 0. The summed E-state index contributed by atoms with van der Waals surface area (Å²) in [6, 6.07) is 0. The minimum Gasteiger partial charge on any atom is -1.00 e. The molecule has 0 amide bonds. The molecule has 0 aliphatic carbocycles. The van der Waals surface area contributed by atoms with Crippen molar-refractivity contribution in [2.45, 2.75) is 0 Å². The topological polar surface area (TPSA) is 76.0 Å². The summed E-state index contributed by atoms with van der Waals surface area (Å²) in [4.78, 5) is 14.8. The molecule has 5 nitrogen and oxygen atoms in total. The van der Waals surface area contributed by atoms with Gasteiger partial charge in [-0.3, -0.25) is 9.78 Å². The summed E-state index contributed by atoms with van der Waals surface area (Å²) in [6.45, 7) is 0. The molecule has 0 bridgehead atoms. The normalized spacial score (nSPS) is 6.00. The van der Waals surface area contributed by atoms with Crippen molar-refractivity contribution in [1.82, 2.24) is 0 Å². The molecule has 0 atom stereocenters. The van der Waals surface area contributed by atoms with E-state index in [-0.39, 0.29) is 31.0 Å². The Morgan fingerprint density at radius 1 is 1.43 bits per heavy atom. The van der Waals surface area contributed by atoms with Crippen molar-refractivity contribution in [1.29, 1.82) is 0 Å². The van der Waals surface area contributed by atoms with Gasteiger partial charge in [0.1, 0.15) is 0 Å². The molecule has 0 aromatic carbocycles. The third-order valence-electron chi connectivity index (χ3n) is 0.149. The maximum Gasteiger partial charge on any atom is 1.00 e. The van der Waals surface area contributed by atoms with Crippen LogP contribution in [0.5, 0.6) is 0 Å². The van der Waals surface area contributed by atoms with Gasteiger partial charge in [0, 0.05) is 0 Å². The fourth-order valence-corrected chi connectivity index (χ4v) is 0.0167. The molecule has 0 heterocycles. The second-order valence-electron chi connectivity index (χ2n) is 0.433. The molecule has 0 aliphatic heterocycles. The van der Waals surface area contributed by atoms with Gasteiger partial charge in [-0.15, -0.1) is 0 Å². The van der Waals surface area contributed by atoms with Crippen molar-refractivity contribution < 1.29 is 56.1 Å². The van der Waals surface area contributed by atoms with Crippen LogP contribution in [0.25, 0.3) is 0 Å². The van der Waals surface area contributed by atoms with E-state index in [2.05, 4.69) is 9.78 Å². The zero-order valence-corrected chi connectivity index (χ0v) is 5.62. The van der Waals surface area contributed by atoms with E-state index in [0.717, 1.165) is 0 Å². The first-order valence-corrected chi connectivity index (χ1v) is 0.978. The minimum atomic E-state index is -1.55. The monoisotopic (exact) mass is 118 g/mol. The van der Waals surface area contributed by atoms with Crippen LogP contribution < -0.4 is 29.6 Å². The first kappa shape index (κ1) is 10.2. The van der Waals surface area contributed by atoms with Gasteiger partial charge in [0.15, 0.2) is 0 Å². The van der Waals surface area contributed by atoms with Crippen LogP contribution in [0.1, 0.15) is 1.43 Å². The number of rotatable bonds is 0. The molecule has 0 aliphatic rings. The Labute approximate surface area is 62.5 Å². The van der Waals surface area contributed by atoms with Crippen LogP contribution in [0.3, 0.4) is 0 Å². The van der Waals surface area contributed by atoms with Crippen LogP contribution in [-0.2, 0) is 9.78 Å². The Kier molecular flexibility index (Phi) is 9.04.